The van der Waals surface area contributed by atoms with Crippen LogP contribution in [0.2, 0.25) is 0 Å². The number of carbonyl (C=O) groups is 2. The van der Waals surface area contributed by atoms with Crippen LogP contribution in [0.25, 0.3) is 0 Å². The van der Waals surface area contributed by atoms with Crippen molar-refractivity contribution in [2.24, 2.45) is 11.1 Å². The minimum Gasteiger partial charge on any atom is -0.423 e. The predicted octanol–water partition coefficient (Wildman–Crippen LogP) is 3.24. The van der Waals surface area contributed by atoms with E-state index in [4.69, 9.17) is 15.9 Å². The molecule has 0 radical (unpaired) electrons. The van der Waals surface area contributed by atoms with E-state index in [-0.39, 0.29) is 17.2 Å². The van der Waals surface area contributed by atoms with Crippen LogP contribution in [0.4, 0.5) is 0 Å². The zero-order valence-corrected chi connectivity index (χ0v) is 16.8. The van der Waals surface area contributed by atoms with Gasteiger partial charge in [0.05, 0.1) is 12.0 Å². The molecule has 0 aliphatic carbocycles. The van der Waals surface area contributed by atoms with Crippen molar-refractivity contribution in [3.63, 3.8) is 0 Å². The number of esters is 1. The molecule has 0 saturated carbocycles. The number of likely N-dealkylation sites (N-methyl/N-ethyl adjacent to an activating group) is 1. The smallest absolute Gasteiger partial charge is 0.343 e. The molecule has 2 aromatic rings. The normalized spacial score (nSPS) is 11.0. The van der Waals surface area contributed by atoms with Crippen molar-refractivity contribution in [3.8, 4) is 5.75 Å². The molecule has 0 bridgehead atoms. The summed E-state index contributed by atoms with van der Waals surface area (Å²) in [6.07, 6.45) is 0.299. The molecule has 0 heterocycles. The Morgan fingerprint density at radius 1 is 1.00 bits per heavy atom. The highest BCUT2D eigenvalue weighted by Gasteiger charge is 2.18. The highest BCUT2D eigenvalue weighted by Crippen LogP contribution is 2.17. The Bertz CT molecular complexity index is 850. The molecule has 28 heavy (non-hydrogen) atoms. The molecule has 0 spiro atoms. The lowest BCUT2D eigenvalue weighted by atomic mass is 9.96. The summed E-state index contributed by atoms with van der Waals surface area (Å²) < 4.78 is 5.35. The van der Waals surface area contributed by atoms with Crippen molar-refractivity contribution in [3.05, 3.63) is 65.2 Å². The van der Waals surface area contributed by atoms with Crippen molar-refractivity contribution in [2.45, 2.75) is 27.2 Å². The molecule has 6 heteroatoms. The third kappa shape index (κ3) is 6.23. The zero-order chi connectivity index (χ0) is 20.9. The van der Waals surface area contributed by atoms with Gasteiger partial charge < -0.3 is 15.4 Å². The monoisotopic (exact) mass is 381 g/mol. The molecule has 3 N–H and O–H groups in total. The minimum absolute atomic E-state index is 0.0465. The summed E-state index contributed by atoms with van der Waals surface area (Å²) in [5, 5.41) is 7.36. The van der Waals surface area contributed by atoms with Crippen LogP contribution in [0.5, 0.6) is 5.75 Å². The fraction of sp³-hybridized carbons (Fsp3) is 0.318. The maximum atomic E-state index is 12.3. The van der Waals surface area contributed by atoms with Crippen LogP contribution in [0.3, 0.4) is 0 Å². The number of hydrogen-bond donors (Lipinski definition) is 2. The van der Waals surface area contributed by atoms with Crippen LogP contribution in [0.1, 0.15) is 42.3 Å². The molecule has 2 aromatic carbocycles. The number of amides is 1. The Balaban J connectivity index is 1.95. The molecular formula is C22H27N3O3. The number of benzene rings is 2. The Morgan fingerprint density at radius 3 is 2.04 bits per heavy atom. The molecule has 0 atom stereocenters. The highest BCUT2D eigenvalue weighted by molar-refractivity contribution is 5.97. The minimum atomic E-state index is -0.496. The van der Waals surface area contributed by atoms with Crippen LogP contribution in [-0.2, 0) is 11.2 Å². The summed E-state index contributed by atoms with van der Waals surface area (Å²) in [4.78, 5) is 26.3. The van der Waals surface area contributed by atoms with Gasteiger partial charge in [-0.2, -0.15) is 0 Å². The van der Waals surface area contributed by atoms with Crippen LogP contribution < -0.4 is 10.5 Å². The molecule has 0 aliphatic rings. The molecule has 0 fully saturated rings. The van der Waals surface area contributed by atoms with Crippen molar-refractivity contribution >= 4 is 17.7 Å². The molecule has 6 nitrogen and oxygen atoms in total. The number of nitrogens with one attached hydrogen (secondary N) is 1. The van der Waals surface area contributed by atoms with Gasteiger partial charge in [-0.15, -0.1) is 0 Å². The van der Waals surface area contributed by atoms with Crippen molar-refractivity contribution < 1.29 is 14.3 Å². The van der Waals surface area contributed by atoms with Gasteiger partial charge >= 0.3 is 5.97 Å². The SMILES string of the molecule is CN(CC(C)(C)C)C(=O)Cc1ccc(OC(=O)c2ccc(C(=N)N)cc2)cc1. The summed E-state index contributed by atoms with van der Waals surface area (Å²) >= 11 is 0. The van der Waals surface area contributed by atoms with Gasteiger partial charge in [-0.25, -0.2) is 4.79 Å². The number of ether oxygens (including phenoxy) is 1. The van der Waals surface area contributed by atoms with Crippen LogP contribution >= 0.6 is 0 Å². The van der Waals surface area contributed by atoms with E-state index in [1.807, 2.05) is 0 Å². The number of nitrogen functional groups attached to an aromatic ring is 1. The lowest BCUT2D eigenvalue weighted by Gasteiger charge is -2.26. The van der Waals surface area contributed by atoms with Gasteiger partial charge in [-0.05, 0) is 35.2 Å². The number of amidine groups is 1. The largest absolute Gasteiger partial charge is 0.423 e. The summed E-state index contributed by atoms with van der Waals surface area (Å²) in [6.45, 7) is 6.96. The van der Waals surface area contributed by atoms with Gasteiger partial charge in [0, 0.05) is 19.2 Å². The van der Waals surface area contributed by atoms with Crippen molar-refractivity contribution in [1.82, 2.24) is 4.90 Å². The van der Waals surface area contributed by atoms with Gasteiger partial charge in [0.2, 0.25) is 5.91 Å². The first-order valence-corrected chi connectivity index (χ1v) is 9.05. The molecule has 0 aliphatic heterocycles. The molecule has 2 rings (SSSR count). The van der Waals surface area contributed by atoms with E-state index < -0.39 is 5.97 Å². The van der Waals surface area contributed by atoms with Crippen molar-refractivity contribution in [1.29, 1.82) is 5.41 Å². The standard InChI is InChI=1S/C22H27N3O3/c1-22(2,3)14-25(4)19(26)13-15-5-11-18(12-6-15)28-21(27)17-9-7-16(8-10-17)20(23)24/h5-12H,13-14H2,1-4H3,(H3,23,24). The van der Waals surface area contributed by atoms with E-state index in [0.29, 0.717) is 29.8 Å². The Morgan fingerprint density at radius 2 is 1.54 bits per heavy atom. The van der Waals surface area contributed by atoms with E-state index in [0.717, 1.165) is 5.56 Å². The maximum Gasteiger partial charge on any atom is 0.343 e. The first kappa shape index (κ1) is 21.2. The van der Waals surface area contributed by atoms with E-state index in [1.54, 1.807) is 60.5 Å². The van der Waals surface area contributed by atoms with E-state index in [2.05, 4.69) is 20.8 Å². The summed E-state index contributed by atoms with van der Waals surface area (Å²) in [5.41, 5.74) is 7.22. The van der Waals surface area contributed by atoms with Crippen molar-refractivity contribution in [2.75, 3.05) is 13.6 Å². The molecule has 0 saturated heterocycles. The summed E-state index contributed by atoms with van der Waals surface area (Å²) in [7, 11) is 1.81. The lowest BCUT2D eigenvalue weighted by Crippen LogP contribution is -2.35. The predicted molar refractivity (Wildman–Crippen MR) is 110 cm³/mol. The van der Waals surface area contributed by atoms with E-state index in [1.165, 1.54) is 0 Å². The van der Waals surface area contributed by atoms with Gasteiger partial charge in [-0.1, -0.05) is 45.0 Å². The number of nitrogens with zero attached hydrogens (tertiary/aromatic N) is 1. The Kier molecular flexibility index (Phi) is 6.57. The third-order valence-electron chi connectivity index (χ3n) is 4.06. The number of hydrogen-bond acceptors (Lipinski definition) is 4. The second kappa shape index (κ2) is 8.69. The topological polar surface area (TPSA) is 96.5 Å². The molecule has 1 amide bonds. The fourth-order valence-corrected chi connectivity index (χ4v) is 2.74. The maximum absolute atomic E-state index is 12.3. The number of carbonyl (C=O) groups excluding carboxylic acids is 2. The second-order valence-corrected chi connectivity index (χ2v) is 8.01. The second-order valence-electron chi connectivity index (χ2n) is 8.01. The molecule has 0 unspecified atom stereocenters. The zero-order valence-electron chi connectivity index (χ0n) is 16.8. The average Bonchev–Trinajstić information content (AvgIpc) is 2.62. The first-order valence-electron chi connectivity index (χ1n) is 9.05. The highest BCUT2D eigenvalue weighted by atomic mass is 16.5. The first-order chi connectivity index (χ1) is 13.0. The summed E-state index contributed by atoms with van der Waals surface area (Å²) in [6, 6.07) is 13.2. The van der Waals surface area contributed by atoms with Crippen LogP contribution in [0.15, 0.2) is 48.5 Å². The Labute approximate surface area is 165 Å². The number of rotatable bonds is 6. The Hall–Kier alpha value is -3.15. The van der Waals surface area contributed by atoms with Gasteiger partial charge in [0.1, 0.15) is 11.6 Å². The lowest BCUT2D eigenvalue weighted by molar-refractivity contribution is -0.130. The fourth-order valence-electron chi connectivity index (χ4n) is 2.74. The third-order valence-corrected chi connectivity index (χ3v) is 4.06. The van der Waals surface area contributed by atoms with Crippen LogP contribution in [0, 0.1) is 10.8 Å². The van der Waals surface area contributed by atoms with E-state index in [9.17, 15) is 9.59 Å². The molecule has 0 aromatic heterocycles. The summed E-state index contributed by atoms with van der Waals surface area (Å²) in [5.74, 6) is -0.104. The van der Waals surface area contributed by atoms with Gasteiger partial charge in [-0.3, -0.25) is 10.2 Å². The average molecular weight is 381 g/mol. The molecular weight excluding hydrogens is 354 g/mol. The van der Waals surface area contributed by atoms with E-state index >= 15 is 0 Å². The van der Waals surface area contributed by atoms with Crippen LogP contribution in [-0.4, -0.2) is 36.2 Å². The molecule has 148 valence electrons. The van der Waals surface area contributed by atoms with Gasteiger partial charge in [0.15, 0.2) is 0 Å². The quantitative estimate of drug-likeness (QED) is 0.347. The number of nitrogens with two attached hydrogens (primary N) is 1. The van der Waals surface area contributed by atoms with Gasteiger partial charge in [0.25, 0.3) is 0 Å².